The van der Waals surface area contributed by atoms with Gasteiger partial charge in [0.05, 0.1) is 0 Å². The van der Waals surface area contributed by atoms with Crippen molar-refractivity contribution >= 4 is 34.9 Å². The molecule has 1 amide bonds. The highest BCUT2D eigenvalue weighted by Gasteiger charge is 2.17. The molecule has 0 saturated heterocycles. The fraction of sp³-hybridized carbons (Fsp3) is 0. The van der Waals surface area contributed by atoms with E-state index in [2.05, 4.69) is 10.3 Å². The van der Waals surface area contributed by atoms with Crippen LogP contribution in [0.4, 0.5) is 5.69 Å². The van der Waals surface area contributed by atoms with Crippen molar-refractivity contribution < 1.29 is 9.53 Å². The first kappa shape index (κ1) is 20.8. The number of fused-ring (bicyclic) bond motifs is 1. The van der Waals surface area contributed by atoms with Gasteiger partial charge >= 0.3 is 0 Å². The van der Waals surface area contributed by atoms with Crippen LogP contribution in [0.1, 0.15) is 5.56 Å². The topological polar surface area (TPSA) is 96.5 Å². The van der Waals surface area contributed by atoms with Crippen molar-refractivity contribution in [2.24, 2.45) is 0 Å². The highest BCUT2D eigenvalue weighted by Crippen LogP contribution is 2.24. The molecule has 7 nitrogen and oxygen atoms in total. The zero-order valence-electron chi connectivity index (χ0n) is 16.5. The molecule has 0 bridgehead atoms. The van der Waals surface area contributed by atoms with E-state index in [0.29, 0.717) is 22.1 Å². The molecule has 0 spiro atoms. The second kappa shape index (κ2) is 9.16. The maximum Gasteiger partial charge on any atom is 0.269 e. The fourth-order valence-corrected chi connectivity index (χ4v) is 3.03. The van der Waals surface area contributed by atoms with E-state index in [4.69, 9.17) is 16.3 Å². The molecule has 0 atom stereocenters. The van der Waals surface area contributed by atoms with Gasteiger partial charge < -0.3 is 10.1 Å². The monoisotopic (exact) mass is 442 g/mol. The van der Waals surface area contributed by atoms with Crippen LogP contribution >= 0.6 is 11.6 Å². The van der Waals surface area contributed by atoms with Crippen molar-refractivity contribution in [1.82, 2.24) is 9.38 Å². The number of rotatable bonds is 5. The molecule has 2 aromatic carbocycles. The van der Waals surface area contributed by atoms with Crippen LogP contribution in [0.25, 0.3) is 11.7 Å². The fourth-order valence-electron chi connectivity index (χ4n) is 2.91. The van der Waals surface area contributed by atoms with Crippen molar-refractivity contribution in [3.63, 3.8) is 0 Å². The molecule has 1 N–H and O–H groups in total. The summed E-state index contributed by atoms with van der Waals surface area (Å²) in [7, 11) is 0. The van der Waals surface area contributed by atoms with E-state index in [1.807, 2.05) is 12.1 Å². The lowest BCUT2D eigenvalue weighted by atomic mass is 10.1. The Bertz CT molecular complexity index is 1420. The minimum Gasteiger partial charge on any atom is -0.438 e. The molecule has 0 aliphatic rings. The van der Waals surface area contributed by atoms with Crippen molar-refractivity contribution in [2.45, 2.75) is 0 Å². The normalized spacial score (nSPS) is 11.1. The van der Waals surface area contributed by atoms with Gasteiger partial charge in [-0.25, -0.2) is 0 Å². The van der Waals surface area contributed by atoms with Gasteiger partial charge in [0.15, 0.2) is 0 Å². The summed E-state index contributed by atoms with van der Waals surface area (Å²) < 4.78 is 7.15. The Hall–Kier alpha value is -4.41. The van der Waals surface area contributed by atoms with E-state index in [0.717, 1.165) is 0 Å². The standard InChI is InChI=1S/C24H15ClN4O3/c25-17-9-11-18(12-10-17)27-22(30)16(15-26)14-20-23(32-19-6-2-1-3-7-19)28-21-8-4-5-13-29(21)24(20)31/h1-14H,(H,27,30)/b16-14+. The Morgan fingerprint density at radius 3 is 2.50 bits per heavy atom. The third kappa shape index (κ3) is 4.51. The van der Waals surface area contributed by atoms with Gasteiger partial charge in [-0.05, 0) is 54.6 Å². The lowest BCUT2D eigenvalue weighted by Crippen LogP contribution is -2.20. The van der Waals surface area contributed by atoms with E-state index in [9.17, 15) is 14.9 Å². The summed E-state index contributed by atoms with van der Waals surface area (Å²) in [5, 5.41) is 12.7. The van der Waals surface area contributed by atoms with Crippen LogP contribution in [0, 0.1) is 11.3 Å². The molecule has 2 aromatic heterocycles. The maximum atomic E-state index is 13.2. The van der Waals surface area contributed by atoms with Crippen LogP contribution in [0.15, 0.2) is 89.4 Å². The summed E-state index contributed by atoms with van der Waals surface area (Å²) in [6.07, 6.45) is 2.73. The van der Waals surface area contributed by atoms with Crippen molar-refractivity contribution in [2.75, 3.05) is 5.32 Å². The molecule has 0 saturated carbocycles. The second-order valence-corrected chi connectivity index (χ2v) is 7.05. The van der Waals surface area contributed by atoms with Gasteiger partial charge in [0.2, 0.25) is 5.88 Å². The SMILES string of the molecule is N#C/C(=C\c1c(Oc2ccccc2)nc2ccccn2c1=O)C(=O)Nc1ccc(Cl)cc1. The number of carbonyl (C=O) groups is 1. The number of nitrogens with one attached hydrogen (secondary N) is 1. The van der Waals surface area contributed by atoms with E-state index in [1.165, 1.54) is 10.5 Å². The third-order valence-corrected chi connectivity index (χ3v) is 4.70. The Morgan fingerprint density at radius 2 is 1.78 bits per heavy atom. The lowest BCUT2D eigenvalue weighted by molar-refractivity contribution is -0.112. The van der Waals surface area contributed by atoms with Crippen LogP contribution in [-0.2, 0) is 4.79 Å². The van der Waals surface area contributed by atoms with Gasteiger partial charge in [-0.1, -0.05) is 35.9 Å². The summed E-state index contributed by atoms with van der Waals surface area (Å²) in [5.41, 5.74) is 0.0287. The van der Waals surface area contributed by atoms with Crippen molar-refractivity contribution in [1.29, 1.82) is 5.26 Å². The number of carbonyl (C=O) groups excluding carboxylic acids is 1. The highest BCUT2D eigenvalue weighted by atomic mass is 35.5. The average Bonchev–Trinajstić information content (AvgIpc) is 2.81. The minimum atomic E-state index is -0.682. The van der Waals surface area contributed by atoms with Crippen LogP contribution in [-0.4, -0.2) is 15.3 Å². The zero-order chi connectivity index (χ0) is 22.5. The zero-order valence-corrected chi connectivity index (χ0v) is 17.3. The van der Waals surface area contributed by atoms with Gasteiger partial charge in [0.1, 0.15) is 28.6 Å². The number of pyridine rings is 1. The summed E-state index contributed by atoms with van der Waals surface area (Å²) in [4.78, 5) is 30.2. The van der Waals surface area contributed by atoms with Crippen molar-refractivity contribution in [3.05, 3.63) is 106 Å². The van der Waals surface area contributed by atoms with Gasteiger partial charge in [-0.2, -0.15) is 10.2 Å². The molecule has 2 heterocycles. The van der Waals surface area contributed by atoms with Crippen LogP contribution in [0.5, 0.6) is 11.6 Å². The first-order chi connectivity index (χ1) is 15.5. The number of ether oxygens (including phenoxy) is 1. The molecule has 0 aliphatic carbocycles. The van der Waals surface area contributed by atoms with Gasteiger partial charge in [0.25, 0.3) is 11.5 Å². The van der Waals surface area contributed by atoms with Crippen molar-refractivity contribution in [3.8, 4) is 17.7 Å². The molecular weight excluding hydrogens is 428 g/mol. The Labute approximate surface area is 187 Å². The number of para-hydroxylation sites is 1. The number of amides is 1. The lowest BCUT2D eigenvalue weighted by Gasteiger charge is -2.10. The first-order valence-electron chi connectivity index (χ1n) is 9.48. The average molecular weight is 443 g/mol. The van der Waals surface area contributed by atoms with Gasteiger partial charge in [-0.15, -0.1) is 0 Å². The Balaban J connectivity index is 1.79. The first-order valence-corrected chi connectivity index (χ1v) is 9.86. The molecule has 4 rings (SSSR count). The van der Waals surface area contributed by atoms with Gasteiger partial charge in [0, 0.05) is 16.9 Å². The van der Waals surface area contributed by atoms with E-state index < -0.39 is 11.5 Å². The second-order valence-electron chi connectivity index (χ2n) is 6.61. The molecule has 156 valence electrons. The number of anilines is 1. The van der Waals surface area contributed by atoms with E-state index in [-0.39, 0.29) is 17.0 Å². The molecule has 0 aliphatic heterocycles. The summed E-state index contributed by atoms with van der Waals surface area (Å²) in [5.74, 6) is -0.240. The Morgan fingerprint density at radius 1 is 1.06 bits per heavy atom. The number of benzene rings is 2. The minimum absolute atomic E-state index is 0.0144. The maximum absolute atomic E-state index is 13.2. The molecule has 32 heavy (non-hydrogen) atoms. The largest absolute Gasteiger partial charge is 0.438 e. The third-order valence-electron chi connectivity index (χ3n) is 4.45. The molecule has 0 fully saturated rings. The van der Waals surface area contributed by atoms with E-state index in [1.54, 1.807) is 72.9 Å². The number of nitriles is 1. The summed E-state index contributed by atoms with van der Waals surface area (Å²) in [6, 6.07) is 22.1. The number of hydrogen-bond acceptors (Lipinski definition) is 5. The van der Waals surface area contributed by atoms with Crippen LogP contribution in [0.3, 0.4) is 0 Å². The van der Waals surface area contributed by atoms with Crippen LogP contribution < -0.4 is 15.6 Å². The Kier molecular flexibility index (Phi) is 5.97. The quantitative estimate of drug-likeness (QED) is 0.357. The predicted octanol–water partition coefficient (Wildman–Crippen LogP) is 4.69. The molecule has 0 unspecified atom stereocenters. The highest BCUT2D eigenvalue weighted by molar-refractivity contribution is 6.30. The number of hydrogen-bond donors (Lipinski definition) is 1. The van der Waals surface area contributed by atoms with Gasteiger partial charge in [-0.3, -0.25) is 14.0 Å². The molecule has 0 radical (unpaired) electrons. The number of halogens is 1. The summed E-state index contributed by atoms with van der Waals surface area (Å²) >= 11 is 5.86. The molecular formula is C24H15ClN4O3. The number of aromatic nitrogens is 2. The van der Waals surface area contributed by atoms with Crippen LogP contribution in [0.2, 0.25) is 5.02 Å². The predicted molar refractivity (Wildman–Crippen MR) is 122 cm³/mol. The number of nitrogens with zero attached hydrogens (tertiary/aromatic N) is 3. The molecule has 8 heteroatoms. The van der Waals surface area contributed by atoms with E-state index >= 15 is 0 Å². The molecule has 4 aromatic rings. The smallest absolute Gasteiger partial charge is 0.269 e. The summed E-state index contributed by atoms with van der Waals surface area (Å²) in [6.45, 7) is 0.